The number of ketones is 1. The number of hydrogen-bond acceptors (Lipinski definition) is 5. The molecule has 0 amide bonds. The number of hydrogen-bond donors (Lipinski definition) is 0. The van der Waals surface area contributed by atoms with E-state index in [9.17, 15) is 19.7 Å². The van der Waals surface area contributed by atoms with Crippen LogP contribution in [0.2, 0.25) is 0 Å². The largest absolute Gasteiger partial charge is 0.454 e. The lowest BCUT2D eigenvalue weighted by molar-refractivity contribution is -0.385. The molecule has 1 heterocycles. The van der Waals surface area contributed by atoms with Crippen molar-refractivity contribution in [2.45, 2.75) is 59.4 Å². The molecule has 0 atom stereocenters. The van der Waals surface area contributed by atoms with Crippen molar-refractivity contribution in [1.82, 2.24) is 4.57 Å². The molecule has 3 rings (SSSR count). The van der Waals surface area contributed by atoms with Crippen LogP contribution in [0.4, 0.5) is 5.69 Å². The highest BCUT2D eigenvalue weighted by atomic mass is 16.6. The number of aryl methyl sites for hydroxylation is 2. The lowest BCUT2D eigenvalue weighted by Crippen LogP contribution is -2.16. The van der Waals surface area contributed by atoms with Crippen molar-refractivity contribution in [2.75, 3.05) is 6.61 Å². The highest BCUT2D eigenvalue weighted by Crippen LogP contribution is 2.25. The van der Waals surface area contributed by atoms with Gasteiger partial charge in [-0.1, -0.05) is 23.8 Å². The molecule has 0 unspecified atom stereocenters. The van der Waals surface area contributed by atoms with Crippen LogP contribution in [0.3, 0.4) is 0 Å². The summed E-state index contributed by atoms with van der Waals surface area (Å²) in [4.78, 5) is 35.8. The molecule has 1 aliphatic carbocycles. The summed E-state index contributed by atoms with van der Waals surface area (Å²) in [5.41, 5.74) is 3.73. The zero-order valence-corrected chi connectivity index (χ0v) is 18.3. The van der Waals surface area contributed by atoms with Crippen LogP contribution >= 0.6 is 0 Å². The number of allylic oxidation sites excluding steroid dienone is 2. The average Bonchev–Trinajstić information content (AvgIpc) is 3.04. The van der Waals surface area contributed by atoms with Crippen molar-refractivity contribution in [1.29, 1.82) is 0 Å². The number of nitro benzene ring substituents is 1. The van der Waals surface area contributed by atoms with Gasteiger partial charge < -0.3 is 9.30 Å². The van der Waals surface area contributed by atoms with Crippen molar-refractivity contribution in [3.05, 3.63) is 74.1 Å². The second-order valence-electron chi connectivity index (χ2n) is 8.02. The standard InChI is InChI=1S/C24H28N2O5/c1-16-8-7-11-20(23(16)26(29)30)24(28)31-15-22(27)21-14-17(2)25(18(21)3)13-12-19-9-5-4-6-10-19/h7-9,11,14H,4-6,10,12-13,15H2,1-3H3. The third kappa shape index (κ3) is 5.10. The van der Waals surface area contributed by atoms with E-state index in [2.05, 4.69) is 10.6 Å². The Labute approximate surface area is 181 Å². The summed E-state index contributed by atoms with van der Waals surface area (Å²) in [7, 11) is 0. The van der Waals surface area contributed by atoms with Gasteiger partial charge in [-0.3, -0.25) is 14.9 Å². The van der Waals surface area contributed by atoms with Gasteiger partial charge in [0.2, 0.25) is 5.78 Å². The third-order valence-corrected chi connectivity index (χ3v) is 5.89. The second kappa shape index (κ2) is 9.73. The van der Waals surface area contributed by atoms with Gasteiger partial charge >= 0.3 is 5.97 Å². The smallest absolute Gasteiger partial charge is 0.345 e. The second-order valence-corrected chi connectivity index (χ2v) is 8.02. The van der Waals surface area contributed by atoms with Gasteiger partial charge in [-0.05, 0) is 65.0 Å². The molecule has 0 radical (unpaired) electrons. The average molecular weight is 424 g/mol. The number of nitrogens with zero attached hydrogens (tertiary/aromatic N) is 2. The highest BCUT2D eigenvalue weighted by molar-refractivity contribution is 6.01. The molecule has 1 aliphatic rings. The number of carbonyl (C=O) groups excluding carboxylic acids is 2. The fourth-order valence-corrected chi connectivity index (χ4v) is 4.17. The first-order valence-corrected chi connectivity index (χ1v) is 10.6. The van der Waals surface area contributed by atoms with Gasteiger partial charge in [0, 0.05) is 29.1 Å². The van der Waals surface area contributed by atoms with Crippen LogP contribution in [0.15, 0.2) is 35.9 Å². The van der Waals surface area contributed by atoms with Crippen LogP contribution in [0.1, 0.15) is 69.8 Å². The van der Waals surface area contributed by atoms with Gasteiger partial charge in [0.05, 0.1) is 4.92 Å². The first kappa shape index (κ1) is 22.5. The molecule has 0 saturated heterocycles. The minimum absolute atomic E-state index is 0.149. The van der Waals surface area contributed by atoms with E-state index in [0.29, 0.717) is 11.1 Å². The van der Waals surface area contributed by atoms with Crippen LogP contribution < -0.4 is 0 Å². The van der Waals surface area contributed by atoms with E-state index >= 15 is 0 Å². The summed E-state index contributed by atoms with van der Waals surface area (Å²) in [6, 6.07) is 6.26. The summed E-state index contributed by atoms with van der Waals surface area (Å²) in [5.74, 6) is -1.19. The molecule has 1 aromatic heterocycles. The van der Waals surface area contributed by atoms with E-state index in [1.807, 2.05) is 19.9 Å². The molecule has 0 fully saturated rings. The van der Waals surface area contributed by atoms with Gasteiger partial charge in [-0.25, -0.2) is 4.79 Å². The number of ether oxygens (including phenoxy) is 1. The first-order chi connectivity index (χ1) is 14.8. The van der Waals surface area contributed by atoms with E-state index < -0.39 is 17.5 Å². The van der Waals surface area contributed by atoms with Crippen LogP contribution in [-0.4, -0.2) is 27.8 Å². The number of nitro groups is 1. The fourth-order valence-electron chi connectivity index (χ4n) is 4.17. The number of para-hydroxylation sites is 1. The molecule has 164 valence electrons. The maximum Gasteiger partial charge on any atom is 0.345 e. The summed E-state index contributed by atoms with van der Waals surface area (Å²) in [5, 5.41) is 11.3. The van der Waals surface area contributed by atoms with Crippen LogP contribution in [0.5, 0.6) is 0 Å². The predicted octanol–water partition coefficient (Wildman–Crippen LogP) is 5.25. The molecule has 0 bridgehead atoms. The first-order valence-electron chi connectivity index (χ1n) is 10.6. The maximum absolute atomic E-state index is 12.7. The number of Topliss-reactive ketones (excluding diaryl/α,β-unsaturated/α-hetero) is 1. The zero-order chi connectivity index (χ0) is 22.5. The summed E-state index contributed by atoms with van der Waals surface area (Å²) < 4.78 is 7.26. The third-order valence-electron chi connectivity index (χ3n) is 5.89. The number of rotatable bonds is 8. The number of carbonyl (C=O) groups is 2. The van der Waals surface area contributed by atoms with Gasteiger partial charge in [0.15, 0.2) is 6.61 Å². The molecule has 0 N–H and O–H groups in total. The monoisotopic (exact) mass is 424 g/mol. The number of benzene rings is 1. The Morgan fingerprint density at radius 2 is 1.94 bits per heavy atom. The van der Waals surface area contributed by atoms with Crippen molar-refractivity contribution in [3.8, 4) is 0 Å². The molecule has 31 heavy (non-hydrogen) atoms. The van der Waals surface area contributed by atoms with Crippen molar-refractivity contribution < 1.29 is 19.2 Å². The molecule has 7 heteroatoms. The van der Waals surface area contributed by atoms with Crippen LogP contribution in [-0.2, 0) is 11.3 Å². The van der Waals surface area contributed by atoms with Crippen LogP contribution in [0, 0.1) is 30.9 Å². The zero-order valence-electron chi connectivity index (χ0n) is 18.3. The Balaban J connectivity index is 1.67. The lowest BCUT2D eigenvalue weighted by atomic mass is 9.97. The Kier molecular flexibility index (Phi) is 7.05. The minimum Gasteiger partial charge on any atom is -0.454 e. The van der Waals surface area contributed by atoms with Crippen molar-refractivity contribution >= 4 is 17.4 Å². The quantitative estimate of drug-likeness (QED) is 0.190. The maximum atomic E-state index is 12.7. The van der Waals surface area contributed by atoms with Gasteiger partial charge in [0.25, 0.3) is 5.69 Å². The van der Waals surface area contributed by atoms with E-state index in [1.54, 1.807) is 19.1 Å². The Hall–Kier alpha value is -3.22. The normalized spacial score (nSPS) is 13.6. The minimum atomic E-state index is -0.873. The molecule has 1 aromatic carbocycles. The van der Waals surface area contributed by atoms with Gasteiger partial charge in [-0.2, -0.15) is 0 Å². The number of esters is 1. The molecule has 0 spiro atoms. The molecular weight excluding hydrogens is 396 g/mol. The van der Waals surface area contributed by atoms with E-state index in [-0.39, 0.29) is 17.0 Å². The van der Waals surface area contributed by atoms with Crippen LogP contribution in [0.25, 0.3) is 0 Å². The Morgan fingerprint density at radius 1 is 1.16 bits per heavy atom. The van der Waals surface area contributed by atoms with E-state index in [0.717, 1.165) is 37.2 Å². The van der Waals surface area contributed by atoms with Gasteiger partial charge in [0.1, 0.15) is 5.56 Å². The van der Waals surface area contributed by atoms with Crippen molar-refractivity contribution in [3.63, 3.8) is 0 Å². The lowest BCUT2D eigenvalue weighted by Gasteiger charge is -2.15. The summed E-state index contributed by atoms with van der Waals surface area (Å²) in [6.07, 6.45) is 8.08. The summed E-state index contributed by atoms with van der Waals surface area (Å²) in [6.45, 7) is 5.76. The Morgan fingerprint density at radius 3 is 2.61 bits per heavy atom. The number of aromatic nitrogens is 1. The Bertz CT molecular complexity index is 1050. The molecular formula is C24H28N2O5. The highest BCUT2D eigenvalue weighted by Gasteiger charge is 2.25. The predicted molar refractivity (Wildman–Crippen MR) is 118 cm³/mol. The fraction of sp³-hybridized carbons (Fsp3) is 0.417. The molecule has 0 aliphatic heterocycles. The van der Waals surface area contributed by atoms with E-state index in [4.69, 9.17) is 4.74 Å². The van der Waals surface area contributed by atoms with E-state index in [1.165, 1.54) is 24.5 Å². The summed E-state index contributed by atoms with van der Waals surface area (Å²) >= 11 is 0. The SMILES string of the molecule is Cc1cccc(C(=O)OCC(=O)c2cc(C)n(CCC3=CCCCC3)c2C)c1[N+](=O)[O-]. The molecule has 0 saturated carbocycles. The van der Waals surface area contributed by atoms with Crippen molar-refractivity contribution in [2.24, 2.45) is 0 Å². The molecule has 7 nitrogen and oxygen atoms in total. The molecule has 2 aromatic rings. The topological polar surface area (TPSA) is 91.4 Å². The van der Waals surface area contributed by atoms with Gasteiger partial charge in [-0.15, -0.1) is 0 Å².